The zero-order chi connectivity index (χ0) is 11.1. The minimum absolute atomic E-state index is 0.168. The number of nitrogens with zero attached hydrogens (tertiary/aromatic N) is 1. The summed E-state index contributed by atoms with van der Waals surface area (Å²) in [5.41, 5.74) is 5.46. The molecule has 2 aliphatic rings. The molecule has 2 unspecified atom stereocenters. The Bertz CT molecular complexity index is 260. The summed E-state index contributed by atoms with van der Waals surface area (Å²) in [5.74, 6) is 0.802. The molecular formula is C12H22N2O. The molecule has 2 rings (SSSR count). The minimum Gasteiger partial charge on any atom is -0.341 e. The Morgan fingerprint density at radius 1 is 1.33 bits per heavy atom. The highest BCUT2D eigenvalue weighted by Crippen LogP contribution is 2.36. The molecule has 0 aromatic carbocycles. The molecular weight excluding hydrogens is 188 g/mol. The van der Waals surface area contributed by atoms with Crippen LogP contribution in [-0.4, -0.2) is 29.4 Å². The molecule has 0 bridgehead atoms. The molecule has 0 aromatic rings. The van der Waals surface area contributed by atoms with Crippen LogP contribution in [0.15, 0.2) is 0 Å². The van der Waals surface area contributed by atoms with E-state index in [2.05, 4.69) is 6.92 Å². The van der Waals surface area contributed by atoms with Crippen molar-refractivity contribution >= 4 is 5.91 Å². The van der Waals surface area contributed by atoms with Crippen LogP contribution in [0.25, 0.3) is 0 Å². The second-order valence-electron chi connectivity index (χ2n) is 5.40. The van der Waals surface area contributed by atoms with E-state index in [1.54, 1.807) is 0 Å². The molecule has 86 valence electrons. The van der Waals surface area contributed by atoms with Crippen molar-refractivity contribution in [3.63, 3.8) is 0 Å². The maximum absolute atomic E-state index is 12.1. The van der Waals surface area contributed by atoms with Gasteiger partial charge >= 0.3 is 0 Å². The number of likely N-dealkylation sites (N-methyl/N-ethyl adjacent to an activating group) is 1. The fourth-order valence-electron chi connectivity index (χ4n) is 2.72. The summed E-state index contributed by atoms with van der Waals surface area (Å²) < 4.78 is 0. The monoisotopic (exact) mass is 210 g/mol. The van der Waals surface area contributed by atoms with Gasteiger partial charge in [-0.1, -0.05) is 19.8 Å². The first kappa shape index (κ1) is 10.9. The molecule has 3 heteroatoms. The molecule has 2 N–H and O–H groups in total. The highest BCUT2D eigenvalue weighted by Gasteiger charge is 2.48. The van der Waals surface area contributed by atoms with Crippen LogP contribution in [0.2, 0.25) is 0 Å². The highest BCUT2D eigenvalue weighted by atomic mass is 16.2. The van der Waals surface area contributed by atoms with Gasteiger partial charge in [0.15, 0.2) is 0 Å². The normalized spacial score (nSPS) is 33.5. The van der Waals surface area contributed by atoms with E-state index < -0.39 is 5.54 Å². The number of carbonyl (C=O) groups is 1. The van der Waals surface area contributed by atoms with Crippen LogP contribution in [0.4, 0.5) is 0 Å². The van der Waals surface area contributed by atoms with E-state index in [1.807, 2.05) is 11.9 Å². The molecule has 1 amide bonds. The Balaban J connectivity index is 1.99. The van der Waals surface area contributed by atoms with Crippen LogP contribution >= 0.6 is 0 Å². The Morgan fingerprint density at radius 2 is 1.93 bits per heavy atom. The van der Waals surface area contributed by atoms with Gasteiger partial charge in [0.05, 0.1) is 5.54 Å². The molecule has 3 nitrogen and oxygen atoms in total. The predicted molar refractivity (Wildman–Crippen MR) is 60.3 cm³/mol. The fourth-order valence-corrected chi connectivity index (χ4v) is 2.72. The third kappa shape index (κ3) is 2.03. The summed E-state index contributed by atoms with van der Waals surface area (Å²) in [4.78, 5) is 14.0. The number of amides is 1. The van der Waals surface area contributed by atoms with Crippen molar-refractivity contribution in [2.75, 3.05) is 7.05 Å². The van der Waals surface area contributed by atoms with Gasteiger partial charge < -0.3 is 10.6 Å². The minimum atomic E-state index is -0.494. The van der Waals surface area contributed by atoms with Crippen LogP contribution in [0.5, 0.6) is 0 Å². The lowest BCUT2D eigenvalue weighted by Gasteiger charge is -2.37. The number of carbonyl (C=O) groups excluding carboxylic acids is 1. The van der Waals surface area contributed by atoms with Gasteiger partial charge in [0.25, 0.3) is 0 Å². The van der Waals surface area contributed by atoms with Crippen molar-refractivity contribution in [2.45, 2.75) is 57.0 Å². The van der Waals surface area contributed by atoms with Crippen molar-refractivity contribution in [1.82, 2.24) is 4.90 Å². The fraction of sp³-hybridized carbons (Fsp3) is 0.917. The highest BCUT2D eigenvalue weighted by molar-refractivity contribution is 5.89. The molecule has 2 saturated carbocycles. The van der Waals surface area contributed by atoms with Crippen molar-refractivity contribution in [3.8, 4) is 0 Å². The largest absolute Gasteiger partial charge is 0.341 e. The second-order valence-corrected chi connectivity index (χ2v) is 5.40. The van der Waals surface area contributed by atoms with Crippen molar-refractivity contribution in [1.29, 1.82) is 0 Å². The third-order valence-electron chi connectivity index (χ3n) is 4.10. The average molecular weight is 210 g/mol. The quantitative estimate of drug-likeness (QED) is 0.751. The lowest BCUT2D eigenvalue weighted by Crippen LogP contribution is -2.50. The second kappa shape index (κ2) is 3.78. The summed E-state index contributed by atoms with van der Waals surface area (Å²) in [6.07, 6.45) is 6.71. The van der Waals surface area contributed by atoms with Gasteiger partial charge in [-0.3, -0.25) is 4.79 Å². The third-order valence-corrected chi connectivity index (χ3v) is 4.10. The zero-order valence-corrected chi connectivity index (χ0v) is 9.83. The van der Waals surface area contributed by atoms with Crippen molar-refractivity contribution in [3.05, 3.63) is 0 Å². The van der Waals surface area contributed by atoms with Gasteiger partial charge in [0, 0.05) is 13.1 Å². The number of nitrogens with two attached hydrogens (primary N) is 1. The van der Waals surface area contributed by atoms with Crippen molar-refractivity contribution in [2.24, 2.45) is 11.7 Å². The van der Waals surface area contributed by atoms with Crippen molar-refractivity contribution < 1.29 is 4.79 Å². The Labute approximate surface area is 92.0 Å². The Kier molecular flexibility index (Phi) is 2.75. The van der Waals surface area contributed by atoms with E-state index >= 15 is 0 Å². The van der Waals surface area contributed by atoms with E-state index in [-0.39, 0.29) is 5.91 Å². The Hall–Kier alpha value is -0.570. The number of hydrogen-bond acceptors (Lipinski definition) is 2. The van der Waals surface area contributed by atoms with Gasteiger partial charge in [0.1, 0.15) is 0 Å². The molecule has 0 spiro atoms. The molecule has 2 aliphatic carbocycles. The van der Waals surface area contributed by atoms with Crippen LogP contribution in [0.1, 0.15) is 45.4 Å². The summed E-state index contributed by atoms with van der Waals surface area (Å²) in [6.45, 7) is 2.25. The van der Waals surface area contributed by atoms with E-state index in [4.69, 9.17) is 5.73 Å². The topological polar surface area (TPSA) is 46.3 Å². The molecule has 0 heterocycles. The van der Waals surface area contributed by atoms with E-state index in [9.17, 15) is 4.79 Å². The first-order valence-electron chi connectivity index (χ1n) is 6.11. The standard InChI is InChI=1S/C12H22N2O/c1-9-5-3-4-6-10(9)14(2)11(15)12(13)7-8-12/h9-10H,3-8,13H2,1-2H3. The summed E-state index contributed by atoms with van der Waals surface area (Å²) >= 11 is 0. The Morgan fingerprint density at radius 3 is 2.47 bits per heavy atom. The first-order valence-corrected chi connectivity index (χ1v) is 6.11. The predicted octanol–water partition coefficient (Wildman–Crippen LogP) is 1.51. The van der Waals surface area contributed by atoms with E-state index in [1.165, 1.54) is 19.3 Å². The number of hydrogen-bond donors (Lipinski definition) is 1. The van der Waals surface area contributed by atoms with Crippen LogP contribution in [-0.2, 0) is 4.79 Å². The van der Waals surface area contributed by atoms with Gasteiger partial charge in [-0.05, 0) is 31.6 Å². The first-order chi connectivity index (χ1) is 7.04. The van der Waals surface area contributed by atoms with Crippen LogP contribution < -0.4 is 5.73 Å². The van der Waals surface area contributed by atoms with Gasteiger partial charge in [-0.25, -0.2) is 0 Å². The van der Waals surface area contributed by atoms with Gasteiger partial charge in [0.2, 0.25) is 5.91 Å². The van der Waals surface area contributed by atoms with Crippen LogP contribution in [0, 0.1) is 5.92 Å². The average Bonchev–Trinajstić information content (AvgIpc) is 2.96. The molecule has 0 saturated heterocycles. The van der Waals surface area contributed by atoms with Gasteiger partial charge in [-0.2, -0.15) is 0 Å². The molecule has 2 fully saturated rings. The summed E-state index contributed by atoms with van der Waals surface area (Å²) in [6, 6.07) is 0.423. The molecule has 15 heavy (non-hydrogen) atoms. The SMILES string of the molecule is CC1CCCCC1N(C)C(=O)C1(N)CC1. The summed E-state index contributed by atoms with van der Waals surface area (Å²) in [5, 5.41) is 0. The maximum Gasteiger partial charge on any atom is 0.242 e. The molecule has 0 aliphatic heterocycles. The summed E-state index contributed by atoms with van der Waals surface area (Å²) in [7, 11) is 1.93. The smallest absolute Gasteiger partial charge is 0.242 e. The molecule has 2 atom stereocenters. The zero-order valence-electron chi connectivity index (χ0n) is 9.83. The lowest BCUT2D eigenvalue weighted by atomic mass is 9.85. The lowest BCUT2D eigenvalue weighted by molar-refractivity contribution is -0.136. The van der Waals surface area contributed by atoms with E-state index in [0.29, 0.717) is 12.0 Å². The van der Waals surface area contributed by atoms with Crippen LogP contribution in [0.3, 0.4) is 0 Å². The van der Waals surface area contributed by atoms with E-state index in [0.717, 1.165) is 19.3 Å². The number of rotatable bonds is 2. The van der Waals surface area contributed by atoms with Gasteiger partial charge in [-0.15, -0.1) is 0 Å². The molecule has 0 radical (unpaired) electrons. The molecule has 0 aromatic heterocycles. The maximum atomic E-state index is 12.1.